The predicted octanol–water partition coefficient (Wildman–Crippen LogP) is 2.65. The minimum Gasteiger partial charge on any atom is -0.355 e. The Bertz CT molecular complexity index is 406. The molecule has 21 heavy (non-hydrogen) atoms. The Hall–Kier alpha value is -0.820. The molecule has 0 heterocycles. The van der Waals surface area contributed by atoms with Gasteiger partial charge in [-0.3, -0.25) is 4.99 Å². The predicted molar refractivity (Wildman–Crippen MR) is 102 cm³/mol. The van der Waals surface area contributed by atoms with Gasteiger partial charge in [0.15, 0.2) is 5.96 Å². The fourth-order valence-electron chi connectivity index (χ4n) is 1.92. The first kappa shape index (κ1) is 20.2. The van der Waals surface area contributed by atoms with Crippen LogP contribution in [0.1, 0.15) is 19.4 Å². The van der Waals surface area contributed by atoms with Gasteiger partial charge in [-0.1, -0.05) is 30.3 Å². The third-order valence-corrected chi connectivity index (χ3v) is 3.47. The van der Waals surface area contributed by atoms with Crippen molar-refractivity contribution in [3.05, 3.63) is 35.9 Å². The van der Waals surface area contributed by atoms with Gasteiger partial charge in [-0.25, -0.2) is 0 Å². The highest BCUT2D eigenvalue weighted by Gasteiger charge is 2.07. The maximum Gasteiger partial charge on any atom is 0.193 e. The molecule has 1 aromatic carbocycles. The lowest BCUT2D eigenvalue weighted by atomic mass is 10.2. The zero-order chi connectivity index (χ0) is 15.0. The van der Waals surface area contributed by atoms with E-state index in [1.54, 1.807) is 0 Å². The van der Waals surface area contributed by atoms with Gasteiger partial charge in [-0.05, 0) is 26.5 Å². The molecule has 0 spiro atoms. The fourth-order valence-corrected chi connectivity index (χ4v) is 1.92. The molecule has 120 valence electrons. The summed E-state index contributed by atoms with van der Waals surface area (Å²) in [6.07, 6.45) is 0. The first-order valence-corrected chi connectivity index (χ1v) is 7.20. The van der Waals surface area contributed by atoms with Crippen molar-refractivity contribution in [2.45, 2.75) is 26.4 Å². The SMILES string of the molecule is CN=C(NCCN(C)C(C)C)N(C)Cc1ccccc1.I. The molecule has 0 bridgehead atoms. The normalized spacial score (nSPS) is 11.5. The Morgan fingerprint density at radius 3 is 2.33 bits per heavy atom. The molecular weight excluding hydrogens is 375 g/mol. The van der Waals surface area contributed by atoms with Gasteiger partial charge in [0.1, 0.15) is 0 Å². The van der Waals surface area contributed by atoms with Crippen LogP contribution >= 0.6 is 24.0 Å². The summed E-state index contributed by atoms with van der Waals surface area (Å²) in [4.78, 5) is 8.80. The van der Waals surface area contributed by atoms with Crippen molar-refractivity contribution in [3.8, 4) is 0 Å². The van der Waals surface area contributed by atoms with Crippen molar-refractivity contribution in [1.82, 2.24) is 15.1 Å². The molecule has 0 unspecified atom stereocenters. The average Bonchev–Trinajstić information content (AvgIpc) is 2.44. The zero-order valence-corrected chi connectivity index (χ0v) is 16.2. The number of benzene rings is 1. The summed E-state index contributed by atoms with van der Waals surface area (Å²) >= 11 is 0. The lowest BCUT2D eigenvalue weighted by Gasteiger charge is -2.25. The van der Waals surface area contributed by atoms with E-state index in [0.29, 0.717) is 6.04 Å². The van der Waals surface area contributed by atoms with Gasteiger partial charge < -0.3 is 15.1 Å². The quantitative estimate of drug-likeness (QED) is 0.449. The van der Waals surface area contributed by atoms with Crippen LogP contribution in [0.3, 0.4) is 0 Å². The van der Waals surface area contributed by atoms with Crippen molar-refractivity contribution in [3.63, 3.8) is 0 Å². The number of hydrogen-bond donors (Lipinski definition) is 1. The first-order valence-electron chi connectivity index (χ1n) is 7.20. The lowest BCUT2D eigenvalue weighted by molar-refractivity contribution is 0.277. The third kappa shape index (κ3) is 7.66. The van der Waals surface area contributed by atoms with Crippen LogP contribution in [-0.4, -0.2) is 56.0 Å². The lowest BCUT2D eigenvalue weighted by Crippen LogP contribution is -2.42. The third-order valence-electron chi connectivity index (χ3n) is 3.47. The van der Waals surface area contributed by atoms with Crippen molar-refractivity contribution in [2.75, 3.05) is 34.2 Å². The summed E-state index contributed by atoms with van der Waals surface area (Å²) in [6, 6.07) is 11.0. The standard InChI is InChI=1S/C16H28N4.HI/c1-14(2)19(4)12-11-18-16(17-3)20(5)13-15-9-7-6-8-10-15;/h6-10,14H,11-13H2,1-5H3,(H,17,18);1H. The molecule has 0 aliphatic heterocycles. The van der Waals surface area contributed by atoms with Gasteiger partial charge in [-0.15, -0.1) is 24.0 Å². The molecule has 0 fully saturated rings. The van der Waals surface area contributed by atoms with E-state index in [-0.39, 0.29) is 24.0 Å². The van der Waals surface area contributed by atoms with E-state index in [1.165, 1.54) is 5.56 Å². The van der Waals surface area contributed by atoms with Crippen molar-refractivity contribution < 1.29 is 0 Å². The highest BCUT2D eigenvalue weighted by Crippen LogP contribution is 2.02. The van der Waals surface area contributed by atoms with E-state index in [0.717, 1.165) is 25.6 Å². The second kappa shape index (κ2) is 10.8. The number of likely N-dealkylation sites (N-methyl/N-ethyl adjacent to an activating group) is 1. The number of aliphatic imine (C=N–C) groups is 1. The van der Waals surface area contributed by atoms with Gasteiger partial charge in [0.25, 0.3) is 0 Å². The topological polar surface area (TPSA) is 30.9 Å². The van der Waals surface area contributed by atoms with E-state index in [2.05, 4.69) is 72.3 Å². The molecule has 1 rings (SSSR count). The molecule has 0 atom stereocenters. The highest BCUT2D eigenvalue weighted by atomic mass is 127. The van der Waals surface area contributed by atoms with Crippen LogP contribution in [0.4, 0.5) is 0 Å². The minimum atomic E-state index is 0. The molecule has 1 N–H and O–H groups in total. The average molecular weight is 404 g/mol. The Morgan fingerprint density at radius 2 is 1.81 bits per heavy atom. The van der Waals surface area contributed by atoms with E-state index >= 15 is 0 Å². The molecule has 0 saturated heterocycles. The van der Waals surface area contributed by atoms with Crippen molar-refractivity contribution in [1.29, 1.82) is 0 Å². The Balaban J connectivity index is 0.00000400. The number of halogens is 1. The van der Waals surface area contributed by atoms with Gasteiger partial charge in [-0.2, -0.15) is 0 Å². The summed E-state index contributed by atoms with van der Waals surface area (Å²) in [5, 5.41) is 3.41. The van der Waals surface area contributed by atoms with E-state index < -0.39 is 0 Å². The van der Waals surface area contributed by atoms with Crippen molar-refractivity contribution in [2.24, 2.45) is 4.99 Å². The van der Waals surface area contributed by atoms with E-state index in [9.17, 15) is 0 Å². The van der Waals surface area contributed by atoms with Crippen LogP contribution in [0.2, 0.25) is 0 Å². The molecule has 0 saturated carbocycles. The number of guanidine groups is 1. The maximum atomic E-state index is 4.34. The second-order valence-electron chi connectivity index (χ2n) is 5.39. The molecule has 0 radical (unpaired) electrons. The van der Waals surface area contributed by atoms with Crippen LogP contribution in [0.5, 0.6) is 0 Å². The summed E-state index contributed by atoms with van der Waals surface area (Å²) in [5.74, 6) is 0.936. The van der Waals surface area contributed by atoms with Gasteiger partial charge in [0.2, 0.25) is 0 Å². The number of hydrogen-bond acceptors (Lipinski definition) is 2. The molecule has 0 aromatic heterocycles. The number of nitrogens with one attached hydrogen (secondary N) is 1. The summed E-state index contributed by atoms with van der Waals surface area (Å²) in [7, 11) is 6.03. The second-order valence-corrected chi connectivity index (χ2v) is 5.39. The minimum absolute atomic E-state index is 0. The largest absolute Gasteiger partial charge is 0.355 e. The summed E-state index contributed by atoms with van der Waals surface area (Å²) in [5.41, 5.74) is 1.29. The van der Waals surface area contributed by atoms with Gasteiger partial charge in [0.05, 0.1) is 0 Å². The smallest absolute Gasteiger partial charge is 0.193 e. The molecule has 1 aromatic rings. The molecule has 0 aliphatic carbocycles. The summed E-state index contributed by atoms with van der Waals surface area (Å²) < 4.78 is 0. The molecular formula is C16H29IN4. The maximum absolute atomic E-state index is 4.34. The van der Waals surface area contributed by atoms with Crippen LogP contribution < -0.4 is 5.32 Å². The van der Waals surface area contributed by atoms with Crippen LogP contribution in [0, 0.1) is 0 Å². The van der Waals surface area contributed by atoms with E-state index in [4.69, 9.17) is 0 Å². The Labute approximate surface area is 146 Å². The molecule has 5 heteroatoms. The fraction of sp³-hybridized carbons (Fsp3) is 0.562. The molecule has 0 aliphatic rings. The summed E-state index contributed by atoms with van der Waals surface area (Å²) in [6.45, 7) is 7.18. The zero-order valence-electron chi connectivity index (χ0n) is 13.8. The van der Waals surface area contributed by atoms with Gasteiger partial charge in [0, 0.05) is 39.8 Å². The van der Waals surface area contributed by atoms with Crippen LogP contribution in [-0.2, 0) is 6.54 Å². The van der Waals surface area contributed by atoms with Crippen molar-refractivity contribution >= 4 is 29.9 Å². The Morgan fingerprint density at radius 1 is 1.19 bits per heavy atom. The first-order chi connectivity index (χ1) is 9.54. The highest BCUT2D eigenvalue weighted by molar-refractivity contribution is 14.0. The van der Waals surface area contributed by atoms with Crippen LogP contribution in [0.15, 0.2) is 35.3 Å². The monoisotopic (exact) mass is 404 g/mol. The number of nitrogens with zero attached hydrogens (tertiary/aromatic N) is 3. The Kier molecular flexibility index (Phi) is 10.4. The van der Waals surface area contributed by atoms with E-state index in [1.807, 2.05) is 13.1 Å². The van der Waals surface area contributed by atoms with Crippen LogP contribution in [0.25, 0.3) is 0 Å². The van der Waals surface area contributed by atoms with Gasteiger partial charge >= 0.3 is 0 Å². The number of rotatable bonds is 6. The molecule has 4 nitrogen and oxygen atoms in total. The molecule has 0 amide bonds.